The summed E-state index contributed by atoms with van der Waals surface area (Å²) in [6.45, 7) is 1.09. The van der Waals surface area contributed by atoms with E-state index in [1.54, 1.807) is 6.07 Å². The summed E-state index contributed by atoms with van der Waals surface area (Å²) >= 11 is 3.18. The van der Waals surface area contributed by atoms with Crippen molar-refractivity contribution < 1.29 is 12.8 Å². The molecule has 1 aromatic heterocycles. The van der Waals surface area contributed by atoms with Crippen LogP contribution in [0, 0.1) is 5.92 Å². The second-order valence-corrected chi connectivity index (χ2v) is 7.76. The molecule has 5 nitrogen and oxygen atoms in total. The molecule has 0 bridgehead atoms. The van der Waals surface area contributed by atoms with E-state index in [0.29, 0.717) is 30.8 Å². The molecule has 0 radical (unpaired) electrons. The van der Waals surface area contributed by atoms with Gasteiger partial charge in [-0.25, -0.2) is 13.1 Å². The van der Waals surface area contributed by atoms with Crippen molar-refractivity contribution in [1.29, 1.82) is 0 Å². The molecule has 1 aromatic rings. The fourth-order valence-electron chi connectivity index (χ4n) is 1.83. The van der Waals surface area contributed by atoms with Crippen molar-refractivity contribution in [3.05, 3.63) is 16.5 Å². The highest BCUT2D eigenvalue weighted by atomic mass is 79.9. The van der Waals surface area contributed by atoms with Crippen LogP contribution in [-0.4, -0.2) is 21.0 Å². The van der Waals surface area contributed by atoms with E-state index in [4.69, 9.17) is 4.42 Å². The van der Waals surface area contributed by atoms with Crippen LogP contribution >= 0.6 is 15.9 Å². The Labute approximate surface area is 121 Å². The molecule has 0 aromatic carbocycles. The standard InChI is InChI=1S/C12H17BrN2O3S/c13-12-11(19(16,17)15-6-8-1-2-8)5-10(18-12)7-14-9-3-4-9/h5,8-9,14-15H,1-4,6-7H2. The Morgan fingerprint density at radius 3 is 2.68 bits per heavy atom. The second-order valence-electron chi connectivity index (χ2n) is 5.30. The summed E-state index contributed by atoms with van der Waals surface area (Å²) < 4.78 is 32.6. The normalized spacial score (nSPS) is 19.8. The lowest BCUT2D eigenvalue weighted by Gasteiger charge is -2.03. The fraction of sp³-hybridized carbons (Fsp3) is 0.667. The van der Waals surface area contributed by atoms with Gasteiger partial charge in [-0.15, -0.1) is 0 Å². The highest BCUT2D eigenvalue weighted by Gasteiger charge is 2.27. The number of nitrogens with one attached hydrogen (secondary N) is 2. The highest BCUT2D eigenvalue weighted by Crippen LogP contribution is 2.30. The molecule has 3 rings (SSSR count). The van der Waals surface area contributed by atoms with Gasteiger partial charge < -0.3 is 9.73 Å². The smallest absolute Gasteiger partial charge is 0.244 e. The van der Waals surface area contributed by atoms with Gasteiger partial charge in [-0.3, -0.25) is 0 Å². The minimum absolute atomic E-state index is 0.195. The largest absolute Gasteiger partial charge is 0.452 e. The van der Waals surface area contributed by atoms with E-state index >= 15 is 0 Å². The van der Waals surface area contributed by atoms with Crippen LogP contribution in [0.5, 0.6) is 0 Å². The summed E-state index contributed by atoms with van der Waals surface area (Å²) in [6, 6.07) is 2.16. The maximum absolute atomic E-state index is 12.1. The number of halogens is 1. The third-order valence-electron chi connectivity index (χ3n) is 3.40. The van der Waals surface area contributed by atoms with E-state index in [2.05, 4.69) is 26.0 Å². The molecule has 2 saturated carbocycles. The molecular formula is C12H17BrN2O3S. The van der Waals surface area contributed by atoms with E-state index in [1.807, 2.05) is 0 Å². The molecule has 2 aliphatic rings. The Hall–Kier alpha value is -0.370. The van der Waals surface area contributed by atoms with Gasteiger partial charge in [-0.2, -0.15) is 0 Å². The zero-order chi connectivity index (χ0) is 13.5. The summed E-state index contributed by atoms with van der Waals surface area (Å²) in [5.74, 6) is 1.15. The Bertz CT molecular complexity index is 562. The van der Waals surface area contributed by atoms with E-state index in [-0.39, 0.29) is 9.56 Å². The van der Waals surface area contributed by atoms with Gasteiger partial charge in [0, 0.05) is 18.7 Å². The van der Waals surface area contributed by atoms with Crippen molar-refractivity contribution in [2.75, 3.05) is 6.54 Å². The third kappa shape index (κ3) is 3.59. The molecule has 1 heterocycles. The Balaban J connectivity index is 1.67. The van der Waals surface area contributed by atoms with E-state index < -0.39 is 10.0 Å². The predicted octanol–water partition coefficient (Wildman–Crippen LogP) is 1.98. The Morgan fingerprint density at radius 1 is 1.32 bits per heavy atom. The average molecular weight is 349 g/mol. The van der Waals surface area contributed by atoms with Crippen molar-refractivity contribution in [3.63, 3.8) is 0 Å². The van der Waals surface area contributed by atoms with Crippen LogP contribution in [0.1, 0.15) is 31.4 Å². The second kappa shape index (κ2) is 5.20. The molecule has 2 aliphatic carbocycles. The number of sulfonamides is 1. The summed E-state index contributed by atoms with van der Waals surface area (Å²) in [5, 5.41) is 3.30. The predicted molar refractivity (Wildman–Crippen MR) is 74.2 cm³/mol. The molecular weight excluding hydrogens is 332 g/mol. The Morgan fingerprint density at radius 2 is 2.05 bits per heavy atom. The SMILES string of the molecule is O=S(=O)(NCC1CC1)c1cc(CNC2CC2)oc1Br. The zero-order valence-electron chi connectivity index (χ0n) is 10.5. The van der Waals surface area contributed by atoms with Gasteiger partial charge in [0.05, 0.1) is 6.54 Å². The van der Waals surface area contributed by atoms with Crippen LogP contribution in [0.2, 0.25) is 0 Å². The minimum atomic E-state index is -3.47. The van der Waals surface area contributed by atoms with Gasteiger partial charge in [0.1, 0.15) is 10.7 Å². The zero-order valence-corrected chi connectivity index (χ0v) is 12.9. The lowest BCUT2D eigenvalue weighted by molar-refractivity contribution is 0.460. The summed E-state index contributed by atoms with van der Waals surface area (Å²) in [5.41, 5.74) is 0. The maximum Gasteiger partial charge on any atom is 0.244 e. The van der Waals surface area contributed by atoms with Crippen LogP contribution in [0.15, 0.2) is 20.0 Å². The van der Waals surface area contributed by atoms with Gasteiger partial charge in [-0.05, 0) is 47.5 Å². The fourth-order valence-corrected chi connectivity index (χ4v) is 3.94. The first-order valence-corrected chi connectivity index (χ1v) is 8.83. The van der Waals surface area contributed by atoms with Gasteiger partial charge in [0.25, 0.3) is 0 Å². The molecule has 7 heteroatoms. The first kappa shape index (κ1) is 13.6. The number of rotatable bonds is 7. The minimum Gasteiger partial charge on any atom is -0.452 e. The van der Waals surface area contributed by atoms with Gasteiger partial charge in [0.2, 0.25) is 10.0 Å². The lowest BCUT2D eigenvalue weighted by atomic mass is 10.4. The maximum atomic E-state index is 12.1. The quantitative estimate of drug-likeness (QED) is 0.790. The van der Waals surface area contributed by atoms with Crippen LogP contribution in [0.3, 0.4) is 0 Å². The molecule has 0 amide bonds. The molecule has 0 unspecified atom stereocenters. The number of furan rings is 1. The van der Waals surface area contributed by atoms with Gasteiger partial charge in [0.15, 0.2) is 4.67 Å². The highest BCUT2D eigenvalue weighted by molar-refractivity contribution is 9.10. The lowest BCUT2D eigenvalue weighted by Crippen LogP contribution is -2.25. The van der Waals surface area contributed by atoms with E-state index in [0.717, 1.165) is 12.8 Å². The van der Waals surface area contributed by atoms with Gasteiger partial charge >= 0.3 is 0 Å². The van der Waals surface area contributed by atoms with E-state index in [9.17, 15) is 8.42 Å². The number of hydrogen-bond donors (Lipinski definition) is 2. The molecule has 2 fully saturated rings. The van der Waals surface area contributed by atoms with Crippen LogP contribution in [0.4, 0.5) is 0 Å². The first-order valence-electron chi connectivity index (χ1n) is 6.56. The molecule has 2 N–H and O–H groups in total. The summed E-state index contributed by atoms with van der Waals surface area (Å²) in [4.78, 5) is 0.195. The molecule has 0 saturated heterocycles. The molecule has 0 spiro atoms. The van der Waals surface area contributed by atoms with Crippen molar-refractivity contribution in [1.82, 2.24) is 10.0 Å². The monoisotopic (exact) mass is 348 g/mol. The molecule has 19 heavy (non-hydrogen) atoms. The Kier molecular flexibility index (Phi) is 3.72. The van der Waals surface area contributed by atoms with Gasteiger partial charge in [-0.1, -0.05) is 0 Å². The van der Waals surface area contributed by atoms with Crippen molar-refractivity contribution in [2.24, 2.45) is 5.92 Å². The summed E-state index contributed by atoms with van der Waals surface area (Å²) in [6.07, 6.45) is 4.61. The van der Waals surface area contributed by atoms with Crippen molar-refractivity contribution in [2.45, 2.75) is 43.2 Å². The third-order valence-corrected chi connectivity index (χ3v) is 5.68. The molecule has 0 aliphatic heterocycles. The molecule has 0 atom stereocenters. The topological polar surface area (TPSA) is 71.3 Å². The van der Waals surface area contributed by atoms with E-state index in [1.165, 1.54) is 12.8 Å². The average Bonchev–Trinajstić information content (AvgIpc) is 3.24. The van der Waals surface area contributed by atoms with Crippen molar-refractivity contribution >= 4 is 26.0 Å². The number of hydrogen-bond acceptors (Lipinski definition) is 4. The van der Waals surface area contributed by atoms with Crippen molar-refractivity contribution in [3.8, 4) is 0 Å². The summed E-state index contributed by atoms with van der Waals surface area (Å²) in [7, 11) is -3.47. The van der Waals surface area contributed by atoms with Crippen LogP contribution < -0.4 is 10.0 Å². The van der Waals surface area contributed by atoms with Crippen LogP contribution in [0.25, 0.3) is 0 Å². The van der Waals surface area contributed by atoms with Crippen LogP contribution in [-0.2, 0) is 16.6 Å². The molecule has 106 valence electrons. The first-order chi connectivity index (χ1) is 9.04.